The zero-order chi connectivity index (χ0) is 12.4. The van der Waals surface area contributed by atoms with Crippen LogP contribution < -0.4 is 0 Å². The van der Waals surface area contributed by atoms with Crippen LogP contribution in [0.25, 0.3) is 0 Å². The molecular weight excluding hydrogens is 352 g/mol. The minimum Gasteiger partial charge on any atom is -0.0853 e. The molecule has 5 rings (SSSR count). The Hall–Kier alpha value is 0.180. The number of hydrogen-bond donors (Lipinski definition) is 0. The summed E-state index contributed by atoms with van der Waals surface area (Å²) in [6, 6.07) is 9.14. The van der Waals surface area contributed by atoms with E-state index < -0.39 is 0 Å². The molecule has 4 aliphatic carbocycles. The maximum absolute atomic E-state index is 4.10. The molecule has 4 aliphatic rings. The van der Waals surface area contributed by atoms with Gasteiger partial charge < -0.3 is 0 Å². The Kier molecular flexibility index (Phi) is 2.56. The molecule has 4 bridgehead atoms. The molecule has 0 radical (unpaired) electrons. The summed E-state index contributed by atoms with van der Waals surface area (Å²) in [6.07, 6.45) is 8.54. The van der Waals surface area contributed by atoms with E-state index in [0.29, 0.717) is 9.74 Å². The minimum atomic E-state index is 0.462. The number of hydrogen-bond acceptors (Lipinski definition) is 0. The van der Waals surface area contributed by atoms with Crippen molar-refractivity contribution < 1.29 is 0 Å². The van der Waals surface area contributed by atoms with Crippen LogP contribution in [-0.4, -0.2) is 4.32 Å². The van der Waals surface area contributed by atoms with Gasteiger partial charge in [0.2, 0.25) is 0 Å². The second-order valence-corrected chi connectivity index (χ2v) is 9.50. The Morgan fingerprint density at radius 3 is 2.11 bits per heavy atom. The molecular formula is C16H18Br2. The molecule has 0 heterocycles. The molecule has 0 aliphatic heterocycles. The van der Waals surface area contributed by atoms with E-state index in [1.807, 2.05) is 0 Å². The van der Waals surface area contributed by atoms with E-state index in [1.54, 1.807) is 5.56 Å². The van der Waals surface area contributed by atoms with Gasteiger partial charge in [0.25, 0.3) is 0 Å². The first-order valence-corrected chi connectivity index (χ1v) is 8.61. The monoisotopic (exact) mass is 368 g/mol. The molecule has 96 valence electrons. The molecule has 0 saturated heterocycles. The third-order valence-electron chi connectivity index (χ3n) is 5.45. The lowest BCUT2D eigenvalue weighted by atomic mass is 9.48. The predicted molar refractivity (Wildman–Crippen MR) is 82.2 cm³/mol. The van der Waals surface area contributed by atoms with Crippen molar-refractivity contribution >= 4 is 31.9 Å². The van der Waals surface area contributed by atoms with E-state index in [9.17, 15) is 0 Å². The maximum Gasteiger partial charge on any atom is 0.0271 e. The van der Waals surface area contributed by atoms with Crippen LogP contribution in [0.1, 0.15) is 44.1 Å². The van der Waals surface area contributed by atoms with Gasteiger partial charge in [0.15, 0.2) is 0 Å². The van der Waals surface area contributed by atoms with Gasteiger partial charge in [-0.1, -0.05) is 44.0 Å². The molecule has 2 heteroatoms. The molecule has 0 amide bonds. The van der Waals surface area contributed by atoms with Crippen LogP contribution in [0.3, 0.4) is 0 Å². The van der Waals surface area contributed by atoms with Crippen LogP contribution in [0.15, 0.2) is 28.7 Å². The van der Waals surface area contributed by atoms with Gasteiger partial charge in [-0.15, -0.1) is 0 Å². The third kappa shape index (κ3) is 1.75. The molecule has 0 aromatic heterocycles. The highest BCUT2D eigenvalue weighted by atomic mass is 79.9. The van der Waals surface area contributed by atoms with E-state index in [2.05, 4.69) is 56.1 Å². The number of alkyl halides is 1. The van der Waals surface area contributed by atoms with Crippen molar-refractivity contribution in [1.82, 2.24) is 0 Å². The van der Waals surface area contributed by atoms with Crippen molar-refractivity contribution in [2.45, 2.75) is 48.3 Å². The normalized spacial score (nSPS) is 45.4. The lowest BCUT2D eigenvalue weighted by Crippen LogP contribution is -2.54. The minimum absolute atomic E-state index is 0.462. The first kappa shape index (κ1) is 12.0. The first-order valence-electron chi connectivity index (χ1n) is 7.02. The highest BCUT2D eigenvalue weighted by Crippen LogP contribution is 2.64. The lowest BCUT2D eigenvalue weighted by molar-refractivity contribution is 0.0149. The number of halogens is 2. The van der Waals surface area contributed by atoms with E-state index in [0.717, 1.165) is 11.8 Å². The summed E-state index contributed by atoms with van der Waals surface area (Å²) in [5.74, 6) is 1.93. The summed E-state index contributed by atoms with van der Waals surface area (Å²) in [7, 11) is 0. The standard InChI is InChI=1S/C16H18Br2/c17-14-3-1-13(2-4-14)15-6-11-5-12(7-15)9-16(18,8-11)10-15/h1-4,11-12H,5-10H2. The van der Waals surface area contributed by atoms with E-state index in [-0.39, 0.29) is 0 Å². The van der Waals surface area contributed by atoms with Crippen molar-refractivity contribution in [3.05, 3.63) is 34.3 Å². The van der Waals surface area contributed by atoms with Crippen LogP contribution in [-0.2, 0) is 5.41 Å². The molecule has 2 unspecified atom stereocenters. The molecule has 1 aromatic rings. The molecule has 4 fully saturated rings. The van der Waals surface area contributed by atoms with Gasteiger partial charge in [-0.25, -0.2) is 0 Å². The number of benzene rings is 1. The van der Waals surface area contributed by atoms with Crippen molar-refractivity contribution in [2.24, 2.45) is 11.8 Å². The van der Waals surface area contributed by atoms with Gasteiger partial charge in [-0.3, -0.25) is 0 Å². The molecule has 0 nitrogen and oxygen atoms in total. The molecule has 2 atom stereocenters. The van der Waals surface area contributed by atoms with Gasteiger partial charge in [-0.2, -0.15) is 0 Å². The van der Waals surface area contributed by atoms with Crippen LogP contribution in [0.4, 0.5) is 0 Å². The van der Waals surface area contributed by atoms with E-state index in [1.165, 1.54) is 43.0 Å². The van der Waals surface area contributed by atoms with Gasteiger partial charge in [-0.05, 0) is 73.5 Å². The fraction of sp³-hybridized carbons (Fsp3) is 0.625. The summed E-state index contributed by atoms with van der Waals surface area (Å²) < 4.78 is 1.66. The summed E-state index contributed by atoms with van der Waals surface area (Å²) in [5.41, 5.74) is 2.07. The van der Waals surface area contributed by atoms with Gasteiger partial charge in [0.05, 0.1) is 0 Å². The summed E-state index contributed by atoms with van der Waals surface area (Å²) in [5, 5.41) is 0. The zero-order valence-electron chi connectivity index (χ0n) is 10.5. The largest absolute Gasteiger partial charge is 0.0853 e. The quantitative estimate of drug-likeness (QED) is 0.578. The number of rotatable bonds is 1. The summed E-state index contributed by atoms with van der Waals surface area (Å²) in [6.45, 7) is 0. The average molecular weight is 370 g/mol. The van der Waals surface area contributed by atoms with E-state index in [4.69, 9.17) is 0 Å². The molecule has 0 N–H and O–H groups in total. The van der Waals surface area contributed by atoms with Crippen LogP contribution in [0.5, 0.6) is 0 Å². The van der Waals surface area contributed by atoms with Crippen molar-refractivity contribution in [1.29, 1.82) is 0 Å². The van der Waals surface area contributed by atoms with Crippen LogP contribution in [0.2, 0.25) is 0 Å². The second kappa shape index (κ2) is 3.85. The Morgan fingerprint density at radius 2 is 1.56 bits per heavy atom. The van der Waals surface area contributed by atoms with Gasteiger partial charge >= 0.3 is 0 Å². The van der Waals surface area contributed by atoms with Crippen molar-refractivity contribution in [2.75, 3.05) is 0 Å². The van der Waals surface area contributed by atoms with Crippen molar-refractivity contribution in [3.63, 3.8) is 0 Å². The molecule has 18 heavy (non-hydrogen) atoms. The maximum atomic E-state index is 4.10. The second-order valence-electron chi connectivity index (χ2n) is 6.90. The molecule has 0 spiro atoms. The Labute approximate surface area is 126 Å². The highest BCUT2D eigenvalue weighted by Gasteiger charge is 2.57. The van der Waals surface area contributed by atoms with E-state index >= 15 is 0 Å². The SMILES string of the molecule is Brc1ccc(C23CC4CC(CC(Br)(C4)C2)C3)cc1. The third-order valence-corrected chi connectivity index (χ3v) is 6.90. The fourth-order valence-corrected chi connectivity index (χ4v) is 7.01. The zero-order valence-corrected chi connectivity index (χ0v) is 13.6. The summed E-state index contributed by atoms with van der Waals surface area (Å²) >= 11 is 7.65. The Bertz CT molecular complexity index is 462. The summed E-state index contributed by atoms with van der Waals surface area (Å²) in [4.78, 5) is 0. The Balaban J connectivity index is 1.77. The lowest BCUT2D eigenvalue weighted by Gasteiger charge is -2.60. The van der Waals surface area contributed by atoms with Gasteiger partial charge in [0, 0.05) is 8.80 Å². The first-order chi connectivity index (χ1) is 8.57. The van der Waals surface area contributed by atoms with Gasteiger partial charge in [0.1, 0.15) is 0 Å². The topological polar surface area (TPSA) is 0 Å². The van der Waals surface area contributed by atoms with Crippen LogP contribution >= 0.6 is 31.9 Å². The van der Waals surface area contributed by atoms with Crippen LogP contribution in [0, 0.1) is 11.8 Å². The Morgan fingerprint density at radius 1 is 0.944 bits per heavy atom. The predicted octanol–water partition coefficient (Wildman–Crippen LogP) is 5.43. The average Bonchev–Trinajstić information content (AvgIpc) is 2.26. The smallest absolute Gasteiger partial charge is 0.0271 e. The highest BCUT2D eigenvalue weighted by molar-refractivity contribution is 9.10. The fourth-order valence-electron chi connectivity index (χ4n) is 5.29. The molecule has 1 aromatic carbocycles. The molecule has 4 saturated carbocycles. The van der Waals surface area contributed by atoms with Crippen molar-refractivity contribution in [3.8, 4) is 0 Å².